The second-order valence-electron chi connectivity index (χ2n) is 4.38. The van der Waals surface area contributed by atoms with Crippen LogP contribution in [0.1, 0.15) is 13.8 Å². The summed E-state index contributed by atoms with van der Waals surface area (Å²) in [7, 11) is 0. The van der Waals surface area contributed by atoms with Crippen molar-refractivity contribution in [2.24, 2.45) is 0 Å². The molecule has 0 aliphatic heterocycles. The highest BCUT2D eigenvalue weighted by molar-refractivity contribution is 5.57. The Bertz CT molecular complexity index is 561. The third kappa shape index (κ3) is 3.72. The molecule has 0 radical (unpaired) electrons. The van der Waals surface area contributed by atoms with Gasteiger partial charge in [0.1, 0.15) is 0 Å². The molecule has 0 spiro atoms. The maximum Gasteiger partial charge on any atom is 0.169 e. The Balaban J connectivity index is 2.33. The number of rotatable bonds is 6. The van der Waals surface area contributed by atoms with Gasteiger partial charge in [-0.15, -0.1) is 0 Å². The molecule has 0 aliphatic rings. The number of hydrogen-bond donors (Lipinski definition) is 2. The minimum Gasteiger partial charge on any atom is -0.490 e. The van der Waals surface area contributed by atoms with Crippen molar-refractivity contribution < 1.29 is 14.2 Å². The zero-order valence-corrected chi connectivity index (χ0v) is 12.3. The van der Waals surface area contributed by atoms with Crippen LogP contribution in [-0.4, -0.2) is 13.2 Å². The second kappa shape index (κ2) is 6.74. The van der Waals surface area contributed by atoms with E-state index in [0.717, 1.165) is 0 Å². The minimum atomic E-state index is 0.528. The van der Waals surface area contributed by atoms with Gasteiger partial charge in [-0.25, -0.2) is 0 Å². The van der Waals surface area contributed by atoms with Gasteiger partial charge in [0.15, 0.2) is 23.0 Å². The van der Waals surface area contributed by atoms with E-state index in [4.69, 9.17) is 25.7 Å². The average molecular weight is 288 g/mol. The lowest BCUT2D eigenvalue weighted by Crippen LogP contribution is -1.99. The lowest BCUT2D eigenvalue weighted by molar-refractivity contribution is 0.305. The highest BCUT2D eigenvalue weighted by Gasteiger charge is 2.11. The van der Waals surface area contributed by atoms with Crippen molar-refractivity contribution in [2.45, 2.75) is 13.8 Å². The van der Waals surface area contributed by atoms with Gasteiger partial charge in [-0.1, -0.05) is 0 Å². The summed E-state index contributed by atoms with van der Waals surface area (Å²) in [6, 6.07) is 10.5. The largest absolute Gasteiger partial charge is 0.490 e. The summed E-state index contributed by atoms with van der Waals surface area (Å²) in [4.78, 5) is 0. The molecule has 0 bridgehead atoms. The Hall–Kier alpha value is -2.56. The summed E-state index contributed by atoms with van der Waals surface area (Å²) in [6.45, 7) is 4.86. The SMILES string of the molecule is CCOc1cc(N)ccc1Oc1ccc(N)cc1OCC. The van der Waals surface area contributed by atoms with Crippen LogP contribution in [0.25, 0.3) is 0 Å². The highest BCUT2D eigenvalue weighted by atomic mass is 16.5. The van der Waals surface area contributed by atoms with E-state index >= 15 is 0 Å². The molecular weight excluding hydrogens is 268 g/mol. The summed E-state index contributed by atoms with van der Waals surface area (Å²) >= 11 is 0. The molecule has 2 aromatic rings. The number of anilines is 2. The molecule has 5 heteroatoms. The summed E-state index contributed by atoms with van der Waals surface area (Å²) < 4.78 is 17.0. The molecule has 5 nitrogen and oxygen atoms in total. The van der Waals surface area contributed by atoms with Crippen molar-refractivity contribution in [3.05, 3.63) is 36.4 Å². The first-order chi connectivity index (χ1) is 10.1. The highest BCUT2D eigenvalue weighted by Crippen LogP contribution is 2.38. The van der Waals surface area contributed by atoms with E-state index in [-0.39, 0.29) is 0 Å². The Morgan fingerprint density at radius 1 is 0.714 bits per heavy atom. The molecule has 2 aromatic carbocycles. The third-order valence-electron chi connectivity index (χ3n) is 2.76. The van der Waals surface area contributed by atoms with Crippen LogP contribution in [0, 0.1) is 0 Å². The smallest absolute Gasteiger partial charge is 0.169 e. The lowest BCUT2D eigenvalue weighted by Gasteiger charge is -2.15. The van der Waals surface area contributed by atoms with Gasteiger partial charge in [-0.3, -0.25) is 0 Å². The molecule has 2 rings (SSSR count). The fourth-order valence-electron chi connectivity index (χ4n) is 1.87. The second-order valence-corrected chi connectivity index (χ2v) is 4.38. The van der Waals surface area contributed by atoms with Crippen LogP contribution in [-0.2, 0) is 0 Å². The van der Waals surface area contributed by atoms with Crippen molar-refractivity contribution >= 4 is 11.4 Å². The first kappa shape index (κ1) is 14.8. The first-order valence-electron chi connectivity index (χ1n) is 6.86. The third-order valence-corrected chi connectivity index (χ3v) is 2.76. The van der Waals surface area contributed by atoms with E-state index in [1.165, 1.54) is 0 Å². The van der Waals surface area contributed by atoms with Gasteiger partial charge in [0.25, 0.3) is 0 Å². The van der Waals surface area contributed by atoms with E-state index in [2.05, 4.69) is 0 Å². The quantitative estimate of drug-likeness (QED) is 0.796. The maximum atomic E-state index is 5.89. The topological polar surface area (TPSA) is 79.7 Å². The van der Waals surface area contributed by atoms with Gasteiger partial charge >= 0.3 is 0 Å². The van der Waals surface area contributed by atoms with Crippen LogP contribution in [0.5, 0.6) is 23.0 Å². The van der Waals surface area contributed by atoms with Crippen LogP contribution < -0.4 is 25.7 Å². The molecular formula is C16H20N2O3. The Morgan fingerprint density at radius 2 is 1.14 bits per heavy atom. The first-order valence-corrected chi connectivity index (χ1v) is 6.86. The average Bonchev–Trinajstić information content (AvgIpc) is 2.45. The van der Waals surface area contributed by atoms with Crippen LogP contribution in [0.4, 0.5) is 11.4 Å². The maximum absolute atomic E-state index is 5.89. The number of hydrogen-bond acceptors (Lipinski definition) is 5. The van der Waals surface area contributed by atoms with Gasteiger partial charge in [0, 0.05) is 23.5 Å². The Labute approximate surface area is 124 Å². The van der Waals surface area contributed by atoms with Crippen molar-refractivity contribution in [1.29, 1.82) is 0 Å². The molecule has 0 saturated heterocycles. The van der Waals surface area contributed by atoms with Gasteiger partial charge in [-0.05, 0) is 38.1 Å². The van der Waals surface area contributed by atoms with E-state index in [0.29, 0.717) is 47.6 Å². The fourth-order valence-corrected chi connectivity index (χ4v) is 1.87. The zero-order valence-electron chi connectivity index (χ0n) is 12.3. The zero-order chi connectivity index (χ0) is 15.2. The monoisotopic (exact) mass is 288 g/mol. The minimum absolute atomic E-state index is 0.528. The van der Waals surface area contributed by atoms with Crippen LogP contribution in [0.15, 0.2) is 36.4 Å². The van der Waals surface area contributed by atoms with Crippen molar-refractivity contribution in [1.82, 2.24) is 0 Å². The fraction of sp³-hybridized carbons (Fsp3) is 0.250. The van der Waals surface area contributed by atoms with Gasteiger partial charge in [0.2, 0.25) is 0 Å². The standard InChI is InChI=1S/C16H20N2O3/c1-3-19-15-9-11(17)5-7-13(15)21-14-8-6-12(18)10-16(14)20-4-2/h5-10H,3-4,17-18H2,1-2H3. The van der Waals surface area contributed by atoms with Gasteiger partial charge in [0.05, 0.1) is 13.2 Å². The molecule has 0 aliphatic carbocycles. The lowest BCUT2D eigenvalue weighted by atomic mass is 10.2. The summed E-state index contributed by atoms with van der Waals surface area (Å²) in [5.41, 5.74) is 12.8. The molecule has 0 saturated carbocycles. The number of benzene rings is 2. The van der Waals surface area contributed by atoms with Gasteiger partial charge < -0.3 is 25.7 Å². The van der Waals surface area contributed by atoms with Crippen LogP contribution in [0.2, 0.25) is 0 Å². The molecule has 0 aromatic heterocycles. The molecule has 21 heavy (non-hydrogen) atoms. The molecule has 112 valence electrons. The Morgan fingerprint density at radius 3 is 1.52 bits per heavy atom. The van der Waals surface area contributed by atoms with Crippen LogP contribution >= 0.6 is 0 Å². The van der Waals surface area contributed by atoms with Crippen LogP contribution in [0.3, 0.4) is 0 Å². The number of ether oxygens (including phenoxy) is 3. The van der Waals surface area contributed by atoms with Gasteiger partial charge in [-0.2, -0.15) is 0 Å². The molecule has 0 atom stereocenters. The molecule has 0 heterocycles. The summed E-state index contributed by atoms with van der Waals surface area (Å²) in [5, 5.41) is 0. The molecule has 4 N–H and O–H groups in total. The Kier molecular flexibility index (Phi) is 4.77. The van der Waals surface area contributed by atoms with Crippen molar-refractivity contribution in [2.75, 3.05) is 24.7 Å². The predicted octanol–water partition coefficient (Wildman–Crippen LogP) is 3.44. The summed E-state index contributed by atoms with van der Waals surface area (Å²) in [6.07, 6.45) is 0. The van der Waals surface area contributed by atoms with E-state index < -0.39 is 0 Å². The molecule has 0 amide bonds. The summed E-state index contributed by atoms with van der Waals surface area (Å²) in [5.74, 6) is 2.35. The van der Waals surface area contributed by atoms with E-state index in [1.54, 1.807) is 36.4 Å². The number of nitrogen functional groups attached to an aromatic ring is 2. The number of nitrogens with two attached hydrogens (primary N) is 2. The van der Waals surface area contributed by atoms with Crippen molar-refractivity contribution in [3.8, 4) is 23.0 Å². The van der Waals surface area contributed by atoms with Crippen molar-refractivity contribution in [3.63, 3.8) is 0 Å². The normalized spacial score (nSPS) is 10.2. The predicted molar refractivity (Wildman–Crippen MR) is 84.1 cm³/mol. The molecule has 0 unspecified atom stereocenters. The van der Waals surface area contributed by atoms with E-state index in [9.17, 15) is 0 Å². The van der Waals surface area contributed by atoms with E-state index in [1.807, 2.05) is 13.8 Å². The molecule has 0 fully saturated rings.